The smallest absolute Gasteiger partial charge is 0.350 e. The van der Waals surface area contributed by atoms with Crippen LogP contribution in [0, 0.1) is 13.8 Å². The highest BCUT2D eigenvalue weighted by Crippen LogP contribution is 2.43. The van der Waals surface area contributed by atoms with Gasteiger partial charge in [-0.15, -0.1) is 0 Å². The number of amides is 1. The first-order valence-corrected chi connectivity index (χ1v) is 14.1. The molecule has 0 radical (unpaired) electrons. The van der Waals surface area contributed by atoms with E-state index in [4.69, 9.17) is 13.9 Å². The molecule has 42 heavy (non-hydrogen) atoms. The zero-order valence-electron chi connectivity index (χ0n) is 23.0. The molecule has 1 atom stereocenters. The molecule has 1 aliphatic rings. The first kappa shape index (κ1) is 27.2. The van der Waals surface area contributed by atoms with Gasteiger partial charge in [-0.25, -0.2) is 9.78 Å². The van der Waals surface area contributed by atoms with Crippen LogP contribution < -0.4 is 15.1 Å². The number of hydrogen-bond donors (Lipinski definition) is 0. The summed E-state index contributed by atoms with van der Waals surface area (Å²) in [7, 11) is 0. The molecule has 0 fully saturated rings. The molecular formula is C33H26N2O6S. The van der Waals surface area contributed by atoms with Crippen molar-refractivity contribution >= 4 is 39.3 Å². The summed E-state index contributed by atoms with van der Waals surface area (Å²) in [6.07, 6.45) is 1.47. The predicted molar refractivity (Wildman–Crippen MR) is 160 cm³/mol. The third-order valence-electron chi connectivity index (χ3n) is 6.96. The van der Waals surface area contributed by atoms with E-state index < -0.39 is 17.9 Å². The highest BCUT2D eigenvalue weighted by atomic mass is 32.1. The van der Waals surface area contributed by atoms with Crippen molar-refractivity contribution in [1.82, 2.24) is 4.98 Å². The Balaban J connectivity index is 1.48. The fraction of sp³-hybridized carbons (Fsp3) is 0.152. The Morgan fingerprint density at radius 3 is 2.67 bits per heavy atom. The van der Waals surface area contributed by atoms with Crippen molar-refractivity contribution in [2.24, 2.45) is 0 Å². The number of ether oxygens (including phenoxy) is 2. The molecule has 210 valence electrons. The molecule has 1 aliphatic heterocycles. The number of thiazole rings is 1. The molecular weight excluding hydrogens is 552 g/mol. The maximum absolute atomic E-state index is 14.0. The Bertz CT molecular complexity index is 1910. The van der Waals surface area contributed by atoms with Crippen molar-refractivity contribution in [1.29, 1.82) is 0 Å². The number of carbonyl (C=O) groups is 2. The quantitative estimate of drug-likeness (QED) is 0.152. The highest BCUT2D eigenvalue weighted by molar-refractivity contribution is 7.17. The molecule has 3 heterocycles. The monoisotopic (exact) mass is 578 g/mol. The lowest BCUT2D eigenvalue weighted by molar-refractivity contribution is 0.0554. The average molecular weight is 579 g/mol. The second-order valence-corrected chi connectivity index (χ2v) is 10.9. The summed E-state index contributed by atoms with van der Waals surface area (Å²) in [4.78, 5) is 46.9. The topological polar surface area (TPSA) is 98.9 Å². The first-order valence-electron chi connectivity index (χ1n) is 13.3. The van der Waals surface area contributed by atoms with E-state index in [-0.39, 0.29) is 33.4 Å². The predicted octanol–water partition coefficient (Wildman–Crippen LogP) is 6.54. The molecule has 0 spiro atoms. The minimum Gasteiger partial charge on any atom is -0.489 e. The van der Waals surface area contributed by atoms with Crippen LogP contribution in [-0.2, 0) is 11.3 Å². The van der Waals surface area contributed by atoms with Gasteiger partial charge in [0.15, 0.2) is 10.6 Å². The van der Waals surface area contributed by atoms with Gasteiger partial charge in [-0.05, 0) is 49.2 Å². The summed E-state index contributed by atoms with van der Waals surface area (Å²) in [6, 6.07) is 21.4. The minimum atomic E-state index is -0.864. The number of fused-ring (bicyclic) bond motifs is 2. The van der Waals surface area contributed by atoms with Crippen LogP contribution in [0.15, 0.2) is 94.7 Å². The molecule has 0 bridgehead atoms. The Morgan fingerprint density at radius 1 is 1.07 bits per heavy atom. The number of carbonyl (C=O) groups excluding carboxylic acids is 2. The summed E-state index contributed by atoms with van der Waals surface area (Å²) >= 11 is 1.02. The van der Waals surface area contributed by atoms with Crippen molar-refractivity contribution < 1.29 is 23.5 Å². The Hall–Kier alpha value is -5.02. The minimum absolute atomic E-state index is 0.0441. The van der Waals surface area contributed by atoms with Crippen LogP contribution in [0.25, 0.3) is 11.0 Å². The van der Waals surface area contributed by atoms with Crippen molar-refractivity contribution in [3.63, 3.8) is 0 Å². The van der Waals surface area contributed by atoms with E-state index in [2.05, 4.69) is 11.6 Å². The normalized spacial score (nSPS) is 14.2. The van der Waals surface area contributed by atoms with E-state index in [1.807, 2.05) is 67.6 Å². The average Bonchev–Trinajstić information content (AvgIpc) is 3.53. The van der Waals surface area contributed by atoms with Gasteiger partial charge in [-0.1, -0.05) is 78.1 Å². The molecule has 1 amide bonds. The largest absolute Gasteiger partial charge is 0.489 e. The van der Waals surface area contributed by atoms with Crippen LogP contribution in [0.1, 0.15) is 54.2 Å². The van der Waals surface area contributed by atoms with Crippen molar-refractivity contribution in [2.75, 3.05) is 11.5 Å². The number of hydrogen-bond acceptors (Lipinski definition) is 8. The molecule has 5 aromatic rings. The Labute approximate surface area is 245 Å². The van der Waals surface area contributed by atoms with Gasteiger partial charge < -0.3 is 13.9 Å². The lowest BCUT2D eigenvalue weighted by atomic mass is 9.98. The maximum Gasteiger partial charge on any atom is 0.350 e. The van der Waals surface area contributed by atoms with Crippen molar-refractivity contribution in [3.05, 3.63) is 134 Å². The molecule has 0 N–H and O–H groups in total. The van der Waals surface area contributed by atoms with Gasteiger partial charge in [0.2, 0.25) is 5.76 Å². The third-order valence-corrected chi connectivity index (χ3v) is 8.09. The number of esters is 1. The van der Waals surface area contributed by atoms with Crippen LogP contribution in [-0.4, -0.2) is 23.5 Å². The maximum atomic E-state index is 14.0. The summed E-state index contributed by atoms with van der Waals surface area (Å²) in [6.45, 7) is 7.53. The van der Waals surface area contributed by atoms with Gasteiger partial charge in [0.25, 0.3) is 5.91 Å². The third kappa shape index (κ3) is 4.88. The Kier molecular flexibility index (Phi) is 7.18. The summed E-state index contributed by atoms with van der Waals surface area (Å²) in [5.41, 5.74) is 3.17. The van der Waals surface area contributed by atoms with Crippen molar-refractivity contribution in [2.45, 2.75) is 26.5 Å². The second kappa shape index (κ2) is 11.1. The lowest BCUT2D eigenvalue weighted by Gasteiger charge is -2.23. The molecule has 0 aliphatic carbocycles. The van der Waals surface area contributed by atoms with Crippen LogP contribution in [0.4, 0.5) is 5.13 Å². The highest BCUT2D eigenvalue weighted by Gasteiger charge is 2.45. The van der Waals surface area contributed by atoms with E-state index >= 15 is 0 Å². The van der Waals surface area contributed by atoms with Gasteiger partial charge in [0, 0.05) is 0 Å². The lowest BCUT2D eigenvalue weighted by Crippen LogP contribution is -2.29. The number of aromatic nitrogens is 1. The Morgan fingerprint density at radius 2 is 1.88 bits per heavy atom. The molecule has 8 nitrogen and oxygen atoms in total. The fourth-order valence-electron chi connectivity index (χ4n) is 4.99. The van der Waals surface area contributed by atoms with Gasteiger partial charge in [0.05, 0.1) is 22.7 Å². The molecule has 2 aromatic heterocycles. The van der Waals surface area contributed by atoms with E-state index in [0.717, 1.165) is 22.5 Å². The molecule has 0 saturated carbocycles. The van der Waals surface area contributed by atoms with E-state index in [1.165, 1.54) is 11.0 Å². The zero-order chi connectivity index (χ0) is 29.4. The standard InChI is InChI=1S/C33H26N2O6S/c1-4-15-39-32(38)30-20(3)34-33(42-30)35-27(22-11-8-12-23(17-22)40-18-21-9-6-5-7-10-21)26-28(36)24-16-19(2)13-14-25(24)41-29(26)31(35)37/h4-14,16-17,27H,1,15,18H2,2-3H3. The van der Waals surface area contributed by atoms with Crippen LogP contribution in [0.2, 0.25) is 0 Å². The van der Waals surface area contributed by atoms with Crippen LogP contribution in [0.5, 0.6) is 5.75 Å². The number of nitrogens with zero attached hydrogens (tertiary/aromatic N) is 2. The summed E-state index contributed by atoms with van der Waals surface area (Å²) < 4.78 is 17.4. The molecule has 9 heteroatoms. The van der Waals surface area contributed by atoms with Crippen molar-refractivity contribution in [3.8, 4) is 5.75 Å². The first-order chi connectivity index (χ1) is 20.4. The fourth-order valence-corrected chi connectivity index (χ4v) is 5.98. The van der Waals surface area contributed by atoms with Gasteiger partial charge in [0.1, 0.15) is 29.4 Å². The SMILES string of the molecule is C=CCOC(=O)c1sc(N2C(=O)c3oc4ccc(C)cc4c(=O)c3C2c2cccc(OCc3ccccc3)c2)nc1C. The zero-order valence-corrected chi connectivity index (χ0v) is 23.8. The molecule has 1 unspecified atom stereocenters. The number of benzene rings is 3. The van der Waals surface area contributed by atoms with E-state index in [0.29, 0.717) is 34.6 Å². The van der Waals surface area contributed by atoms with E-state index in [9.17, 15) is 14.4 Å². The number of aryl methyl sites for hydroxylation is 2. The van der Waals surface area contributed by atoms with Crippen LogP contribution >= 0.6 is 11.3 Å². The molecule has 6 rings (SSSR count). The van der Waals surface area contributed by atoms with E-state index in [1.54, 1.807) is 19.1 Å². The summed E-state index contributed by atoms with van der Waals surface area (Å²) in [5.74, 6) is -0.573. The number of rotatable bonds is 8. The molecule has 3 aromatic carbocycles. The van der Waals surface area contributed by atoms with Gasteiger partial charge in [-0.3, -0.25) is 14.5 Å². The second-order valence-electron chi connectivity index (χ2n) is 9.90. The van der Waals surface area contributed by atoms with Crippen LogP contribution in [0.3, 0.4) is 0 Å². The number of anilines is 1. The molecule has 0 saturated heterocycles. The summed E-state index contributed by atoms with van der Waals surface area (Å²) in [5, 5.41) is 0.628. The van der Waals surface area contributed by atoms with Gasteiger partial charge >= 0.3 is 5.97 Å². The van der Waals surface area contributed by atoms with Gasteiger partial charge in [-0.2, -0.15) is 0 Å².